The Kier molecular flexibility index (Phi) is 5.09. The monoisotopic (exact) mass is 166 g/mol. The summed E-state index contributed by atoms with van der Waals surface area (Å²) in [5, 5.41) is 8.14. The minimum absolute atomic E-state index is 0.343. The average Bonchev–Trinajstić information content (AvgIpc) is 2.08. The lowest BCUT2D eigenvalue weighted by Gasteiger charge is -1.95. The second-order valence-electron chi connectivity index (χ2n) is 1.68. The van der Waals surface area contributed by atoms with Crippen LogP contribution in [0, 0.1) is 0 Å². The van der Waals surface area contributed by atoms with E-state index < -0.39 is 6.16 Å². The third-order valence-corrected chi connectivity index (χ3v) is 0.948. The van der Waals surface area contributed by atoms with Gasteiger partial charge in [0.2, 0.25) is 0 Å². The molecule has 0 spiro atoms. The summed E-state index contributed by atoms with van der Waals surface area (Å²) in [4.78, 5) is 9.95. The Morgan fingerprint density at radius 3 is 2.17 bits per heavy atom. The molecular formula is C9H10O3. The van der Waals surface area contributed by atoms with E-state index in [0.717, 1.165) is 0 Å². The summed E-state index contributed by atoms with van der Waals surface area (Å²) in [5.74, 6) is 0.343. The molecule has 0 saturated heterocycles. The number of hydrogen-bond donors (Lipinski definition) is 1. The van der Waals surface area contributed by atoms with E-state index in [4.69, 9.17) is 5.11 Å². The predicted molar refractivity (Wildman–Crippen MR) is 46.3 cm³/mol. The summed E-state index contributed by atoms with van der Waals surface area (Å²) in [5.41, 5.74) is 0. The first-order valence-corrected chi connectivity index (χ1v) is 3.25. The van der Waals surface area contributed by atoms with Crippen molar-refractivity contribution in [1.29, 1.82) is 0 Å². The van der Waals surface area contributed by atoms with Crippen LogP contribution in [0.2, 0.25) is 0 Å². The van der Waals surface area contributed by atoms with Crippen LogP contribution in [0.3, 0.4) is 0 Å². The van der Waals surface area contributed by atoms with E-state index in [9.17, 15) is 4.79 Å². The third-order valence-electron chi connectivity index (χ3n) is 0.948. The van der Waals surface area contributed by atoms with Gasteiger partial charge in [-0.2, -0.15) is 0 Å². The Morgan fingerprint density at radius 1 is 1.25 bits per heavy atom. The van der Waals surface area contributed by atoms with Gasteiger partial charge in [-0.3, -0.25) is 0 Å². The molecule has 1 rings (SSSR count). The Hall–Kier alpha value is -1.77. The van der Waals surface area contributed by atoms with E-state index in [1.165, 1.54) is 0 Å². The lowest BCUT2D eigenvalue weighted by Crippen LogP contribution is -2.02. The molecule has 1 aromatic rings. The molecule has 0 heterocycles. The molecule has 0 saturated carbocycles. The topological polar surface area (TPSA) is 46.5 Å². The highest BCUT2D eigenvalue weighted by molar-refractivity contribution is 5.60. The number of rotatable bonds is 1. The number of carboxylic acid groups (broad SMARTS) is 1. The van der Waals surface area contributed by atoms with Crippen molar-refractivity contribution in [1.82, 2.24) is 0 Å². The zero-order valence-electron chi connectivity index (χ0n) is 6.56. The lowest BCUT2D eigenvalue weighted by molar-refractivity contribution is 0.144. The molecular weight excluding hydrogens is 156 g/mol. The zero-order valence-corrected chi connectivity index (χ0v) is 6.56. The average molecular weight is 166 g/mol. The molecule has 0 fully saturated rings. The maximum atomic E-state index is 9.95. The van der Waals surface area contributed by atoms with Crippen molar-refractivity contribution in [2.45, 2.75) is 0 Å². The fourth-order valence-electron chi connectivity index (χ4n) is 0.589. The number of para-hydroxylation sites is 1. The molecule has 12 heavy (non-hydrogen) atoms. The summed E-state index contributed by atoms with van der Waals surface area (Å²) in [6.07, 6.45) is -1.29. The molecule has 0 atom stereocenters. The molecule has 0 aliphatic rings. The van der Waals surface area contributed by atoms with Crippen LogP contribution in [0.5, 0.6) is 5.75 Å². The van der Waals surface area contributed by atoms with Gasteiger partial charge in [0.05, 0.1) is 0 Å². The van der Waals surface area contributed by atoms with E-state index in [2.05, 4.69) is 17.9 Å². The molecule has 0 unspecified atom stereocenters. The second kappa shape index (κ2) is 5.97. The summed E-state index contributed by atoms with van der Waals surface area (Å²) in [6, 6.07) is 8.35. The minimum Gasteiger partial charge on any atom is -0.449 e. The van der Waals surface area contributed by atoms with Gasteiger partial charge in [0.15, 0.2) is 0 Å². The maximum absolute atomic E-state index is 9.95. The van der Waals surface area contributed by atoms with E-state index in [-0.39, 0.29) is 0 Å². The van der Waals surface area contributed by atoms with E-state index >= 15 is 0 Å². The highest BCUT2D eigenvalue weighted by Gasteiger charge is 1.96. The number of hydrogen-bond acceptors (Lipinski definition) is 2. The highest BCUT2D eigenvalue weighted by atomic mass is 16.7. The van der Waals surface area contributed by atoms with Crippen molar-refractivity contribution in [3.8, 4) is 5.75 Å². The van der Waals surface area contributed by atoms with Crippen molar-refractivity contribution in [2.24, 2.45) is 0 Å². The molecule has 0 radical (unpaired) electrons. The molecule has 1 aromatic carbocycles. The van der Waals surface area contributed by atoms with Gasteiger partial charge in [-0.15, -0.1) is 13.2 Å². The summed E-state index contributed by atoms with van der Waals surface area (Å²) in [6.45, 7) is 6.00. The highest BCUT2D eigenvalue weighted by Crippen LogP contribution is 2.07. The number of carbonyl (C=O) groups is 1. The van der Waals surface area contributed by atoms with Gasteiger partial charge >= 0.3 is 6.16 Å². The zero-order chi connectivity index (χ0) is 9.40. The summed E-state index contributed by atoms with van der Waals surface area (Å²) in [7, 11) is 0. The first-order valence-electron chi connectivity index (χ1n) is 3.25. The lowest BCUT2D eigenvalue weighted by atomic mass is 10.3. The van der Waals surface area contributed by atoms with Crippen molar-refractivity contribution in [3.63, 3.8) is 0 Å². The molecule has 1 N–H and O–H groups in total. The van der Waals surface area contributed by atoms with E-state index in [1.807, 2.05) is 0 Å². The SMILES string of the molecule is C=C.O=C(O)Oc1ccccc1. The Balaban J connectivity index is 0.000000561. The Morgan fingerprint density at radius 2 is 1.75 bits per heavy atom. The quantitative estimate of drug-likeness (QED) is 0.396. The summed E-state index contributed by atoms with van der Waals surface area (Å²) >= 11 is 0. The maximum Gasteiger partial charge on any atom is 0.511 e. The van der Waals surface area contributed by atoms with Gasteiger partial charge in [-0.1, -0.05) is 18.2 Å². The van der Waals surface area contributed by atoms with Crippen LogP contribution < -0.4 is 4.74 Å². The molecule has 0 aromatic heterocycles. The van der Waals surface area contributed by atoms with Crippen molar-refractivity contribution < 1.29 is 14.6 Å². The number of benzene rings is 1. The first kappa shape index (κ1) is 10.2. The molecule has 0 amide bonds. The van der Waals surface area contributed by atoms with E-state index in [0.29, 0.717) is 5.75 Å². The number of ether oxygens (including phenoxy) is 1. The van der Waals surface area contributed by atoms with Crippen molar-refractivity contribution in [3.05, 3.63) is 43.5 Å². The van der Waals surface area contributed by atoms with Crippen LogP contribution in [0.1, 0.15) is 0 Å². The predicted octanol–water partition coefficient (Wildman–Crippen LogP) is 2.55. The molecule has 0 aliphatic heterocycles. The minimum atomic E-state index is -1.29. The van der Waals surface area contributed by atoms with Crippen molar-refractivity contribution in [2.75, 3.05) is 0 Å². The van der Waals surface area contributed by atoms with Gasteiger partial charge in [0.25, 0.3) is 0 Å². The normalized spacial score (nSPS) is 7.67. The molecule has 64 valence electrons. The van der Waals surface area contributed by atoms with Crippen LogP contribution in [0.15, 0.2) is 43.5 Å². The van der Waals surface area contributed by atoms with Gasteiger partial charge in [0, 0.05) is 0 Å². The smallest absolute Gasteiger partial charge is 0.449 e. The van der Waals surface area contributed by atoms with Gasteiger partial charge in [-0.05, 0) is 12.1 Å². The fourth-order valence-corrected chi connectivity index (χ4v) is 0.589. The second-order valence-corrected chi connectivity index (χ2v) is 1.68. The summed E-state index contributed by atoms with van der Waals surface area (Å²) < 4.78 is 4.33. The Bertz CT molecular complexity index is 231. The van der Waals surface area contributed by atoms with Gasteiger partial charge in [-0.25, -0.2) is 4.79 Å². The molecule has 0 aliphatic carbocycles. The van der Waals surface area contributed by atoms with Crippen LogP contribution in [0.25, 0.3) is 0 Å². The van der Waals surface area contributed by atoms with Crippen LogP contribution in [0.4, 0.5) is 4.79 Å². The van der Waals surface area contributed by atoms with Crippen molar-refractivity contribution >= 4 is 6.16 Å². The third kappa shape index (κ3) is 4.11. The Labute approximate surface area is 70.9 Å². The van der Waals surface area contributed by atoms with E-state index in [1.54, 1.807) is 30.3 Å². The molecule has 0 bridgehead atoms. The first-order chi connectivity index (χ1) is 5.79. The molecule has 3 heteroatoms. The van der Waals surface area contributed by atoms with Crippen LogP contribution in [-0.4, -0.2) is 11.3 Å². The fraction of sp³-hybridized carbons (Fsp3) is 0. The standard InChI is InChI=1S/C7H6O3.C2H4/c8-7(9)10-6-4-2-1-3-5-6;1-2/h1-5H,(H,8,9);1-2H2. The van der Waals surface area contributed by atoms with Gasteiger partial charge in [0.1, 0.15) is 5.75 Å². The van der Waals surface area contributed by atoms with Gasteiger partial charge < -0.3 is 9.84 Å². The van der Waals surface area contributed by atoms with Crippen LogP contribution >= 0.6 is 0 Å². The largest absolute Gasteiger partial charge is 0.511 e. The van der Waals surface area contributed by atoms with Crippen LogP contribution in [-0.2, 0) is 0 Å². The molecule has 3 nitrogen and oxygen atoms in total.